The van der Waals surface area contributed by atoms with Gasteiger partial charge >= 0.3 is 5.11 Å². The van der Waals surface area contributed by atoms with Gasteiger partial charge in [-0.15, -0.1) is 0 Å². The molecule has 88 valence electrons. The number of para-hydroxylation sites is 1. The van der Waals surface area contributed by atoms with E-state index in [9.17, 15) is 0 Å². The Kier molecular flexibility index (Phi) is 1.93. The minimum Gasteiger partial charge on any atom is -0.397 e. The molecule has 18 heavy (non-hydrogen) atoms. The van der Waals surface area contributed by atoms with E-state index in [1.54, 1.807) is 0 Å². The first-order chi connectivity index (χ1) is 8.69. The Hall–Kier alpha value is -1.45. The van der Waals surface area contributed by atoms with E-state index in [1.807, 2.05) is 41.0 Å². The fourth-order valence-electron chi connectivity index (χ4n) is 2.74. The van der Waals surface area contributed by atoms with Gasteiger partial charge in [-0.25, -0.2) is 4.57 Å². The van der Waals surface area contributed by atoms with Crippen LogP contribution in [0.1, 0.15) is 0 Å². The molecular weight excluding hydrogens is 266 g/mol. The van der Waals surface area contributed by atoms with Gasteiger partial charge in [0, 0.05) is 23.2 Å². The highest BCUT2D eigenvalue weighted by atomic mass is 35.5. The molecule has 0 amide bonds. The van der Waals surface area contributed by atoms with Gasteiger partial charge in [0.2, 0.25) is 5.82 Å². The largest absolute Gasteiger partial charge is 0.422 e. The summed E-state index contributed by atoms with van der Waals surface area (Å²) in [6.07, 6.45) is 1.93. The van der Waals surface area contributed by atoms with Crippen molar-refractivity contribution in [2.75, 3.05) is 0 Å². The smallest absolute Gasteiger partial charge is 0.397 e. The predicted molar refractivity (Wildman–Crippen MR) is 76.0 cm³/mol. The number of aromatic nitrogens is 2. The van der Waals surface area contributed by atoms with E-state index in [1.165, 1.54) is 0 Å². The van der Waals surface area contributed by atoms with Crippen LogP contribution < -0.4 is 10.1 Å². The third-order valence-corrected chi connectivity index (χ3v) is 4.41. The van der Waals surface area contributed by atoms with Crippen molar-refractivity contribution in [2.45, 2.75) is 0 Å². The van der Waals surface area contributed by atoms with E-state index in [0.29, 0.717) is 0 Å². The van der Waals surface area contributed by atoms with Crippen LogP contribution in [0.25, 0.3) is 16.7 Å². The summed E-state index contributed by atoms with van der Waals surface area (Å²) in [5, 5.41) is -0.601. The summed E-state index contributed by atoms with van der Waals surface area (Å²) in [5.74, 6) is 1.01. The van der Waals surface area contributed by atoms with Crippen molar-refractivity contribution in [3.05, 3.63) is 54.7 Å². The van der Waals surface area contributed by atoms with Crippen LogP contribution in [0, 0.1) is 0 Å². The Labute approximate surface area is 114 Å². The highest BCUT2D eigenvalue weighted by Gasteiger charge is 2.44. The van der Waals surface area contributed by atoms with Gasteiger partial charge in [-0.1, -0.05) is 24.3 Å². The fourth-order valence-corrected chi connectivity index (χ4v) is 3.39. The first-order valence-electron chi connectivity index (χ1n) is 5.83. The molecule has 2 nitrogen and oxygen atoms in total. The third kappa shape index (κ3) is 1.13. The highest BCUT2D eigenvalue weighted by Crippen LogP contribution is 2.27. The first kappa shape index (κ1) is 10.5. The van der Waals surface area contributed by atoms with Crippen molar-refractivity contribution in [1.82, 2.24) is 4.57 Å². The maximum Gasteiger partial charge on any atom is 0.422 e. The zero-order valence-electron chi connectivity index (χ0n) is 9.42. The van der Waals surface area contributed by atoms with E-state index >= 15 is 0 Å². The predicted octanol–water partition coefficient (Wildman–Crippen LogP) is 2.40. The zero-order valence-corrected chi connectivity index (χ0v) is 10.9. The lowest BCUT2D eigenvalue weighted by Gasteiger charge is -2.16. The summed E-state index contributed by atoms with van der Waals surface area (Å²) in [6.45, 7) is 0. The monoisotopic (exact) mass is 274 g/mol. The summed E-state index contributed by atoms with van der Waals surface area (Å²) in [6, 6.07) is 16.3. The van der Waals surface area contributed by atoms with Gasteiger partial charge in [0.25, 0.3) is 0 Å². The summed E-state index contributed by atoms with van der Waals surface area (Å²) >= 11 is 13.1. The summed E-state index contributed by atoms with van der Waals surface area (Å²) in [7, 11) is 0. The first-order valence-corrected chi connectivity index (χ1v) is 6.70. The van der Waals surface area contributed by atoms with Crippen LogP contribution in [0.15, 0.2) is 54.7 Å². The van der Waals surface area contributed by atoms with Crippen molar-refractivity contribution in [2.24, 2.45) is 0 Å². The number of benzene rings is 1. The van der Waals surface area contributed by atoms with Gasteiger partial charge in [-0.2, -0.15) is 0 Å². The van der Waals surface area contributed by atoms with E-state index < -0.39 is 5.11 Å². The van der Waals surface area contributed by atoms with Crippen molar-refractivity contribution in [1.29, 1.82) is 0 Å². The molecule has 0 saturated carbocycles. The van der Waals surface area contributed by atoms with E-state index in [4.69, 9.17) is 22.9 Å². The number of nitrogens with zero attached hydrogens (tertiary/aromatic N) is 2. The maximum absolute atomic E-state index is 6.57. The lowest BCUT2D eigenvalue weighted by molar-refractivity contribution is -0.524. The van der Waals surface area contributed by atoms with Crippen molar-refractivity contribution in [3.63, 3.8) is 0 Å². The molecule has 1 aliphatic heterocycles. The number of fused-ring (bicyclic) bond motifs is 5. The molecular formula is C13H9BCl2N2. The van der Waals surface area contributed by atoms with Crippen LogP contribution in [-0.4, -0.2) is 9.68 Å². The molecule has 3 aromatic rings. The lowest BCUT2D eigenvalue weighted by atomic mass is 9.85. The van der Waals surface area contributed by atoms with Gasteiger partial charge < -0.3 is 27.4 Å². The molecule has 0 radical (unpaired) electrons. The third-order valence-electron chi connectivity index (χ3n) is 3.54. The Morgan fingerprint density at radius 1 is 1.00 bits per heavy atom. The molecule has 0 N–H and O–H groups in total. The van der Waals surface area contributed by atoms with E-state index in [-0.39, 0.29) is 0 Å². The Balaban J connectivity index is 2.21. The number of hydrogen-bond donors (Lipinski definition) is 0. The van der Waals surface area contributed by atoms with Crippen LogP contribution in [0.5, 0.6) is 0 Å². The van der Waals surface area contributed by atoms with Crippen molar-refractivity contribution >= 4 is 44.5 Å². The molecule has 0 unspecified atom stereocenters. The SMILES string of the molecule is Cl[B-]1(Cl)c2cc3ccccc3n2-c2cccc[n+]21. The van der Waals surface area contributed by atoms with E-state index in [2.05, 4.69) is 22.8 Å². The molecule has 0 atom stereocenters. The van der Waals surface area contributed by atoms with Crippen LogP contribution in [-0.2, 0) is 0 Å². The quantitative estimate of drug-likeness (QED) is 0.557. The molecule has 2 aromatic heterocycles. The van der Waals surface area contributed by atoms with E-state index in [0.717, 1.165) is 22.3 Å². The molecule has 0 spiro atoms. The second kappa shape index (κ2) is 3.31. The molecule has 0 fully saturated rings. The topological polar surface area (TPSA) is 8.81 Å². The van der Waals surface area contributed by atoms with Gasteiger partial charge in [0.05, 0.1) is 0 Å². The molecule has 4 rings (SSSR count). The molecule has 0 aliphatic carbocycles. The standard InChI is InChI=1S/C13H9BCl2N2/c15-14(16)12-9-10-5-1-2-6-11(10)18(12)13-7-3-4-8-17(13)14/h1-9H. The molecule has 5 heteroatoms. The van der Waals surface area contributed by atoms with Crippen molar-refractivity contribution in [3.8, 4) is 5.82 Å². The van der Waals surface area contributed by atoms with Crippen molar-refractivity contribution < 1.29 is 4.48 Å². The highest BCUT2D eigenvalue weighted by molar-refractivity contribution is 7.47. The summed E-state index contributed by atoms with van der Waals surface area (Å²) < 4.78 is 4.07. The molecule has 0 bridgehead atoms. The van der Waals surface area contributed by atoms with Gasteiger partial charge in [-0.05, 0) is 18.2 Å². The van der Waals surface area contributed by atoms with Crippen LogP contribution in [0.2, 0.25) is 0 Å². The molecule has 1 aliphatic rings. The summed E-state index contributed by atoms with van der Waals surface area (Å²) in [5.41, 5.74) is 2.09. The fraction of sp³-hybridized carbons (Fsp3) is 0. The Bertz CT molecular complexity index is 780. The second-order valence-corrected chi connectivity index (χ2v) is 6.04. The maximum atomic E-state index is 6.57. The molecule has 1 aromatic carbocycles. The minimum absolute atomic E-state index is 0.950. The second-order valence-electron chi connectivity index (χ2n) is 4.55. The van der Waals surface area contributed by atoms with Gasteiger partial charge in [-0.3, -0.25) is 0 Å². The van der Waals surface area contributed by atoms with Crippen LogP contribution >= 0.6 is 22.9 Å². The molecule has 0 saturated heterocycles. The minimum atomic E-state index is -1.76. The lowest BCUT2D eigenvalue weighted by Crippen LogP contribution is -2.60. The zero-order chi connectivity index (χ0) is 12.3. The summed E-state index contributed by atoms with van der Waals surface area (Å²) in [4.78, 5) is 0. The number of rotatable bonds is 0. The average molecular weight is 275 g/mol. The molecule has 3 heterocycles. The number of halogens is 2. The Morgan fingerprint density at radius 2 is 1.78 bits per heavy atom. The van der Waals surface area contributed by atoms with Crippen LogP contribution in [0.4, 0.5) is 0 Å². The number of pyridine rings is 1. The van der Waals surface area contributed by atoms with Gasteiger partial charge in [0.15, 0.2) is 0 Å². The Morgan fingerprint density at radius 3 is 2.67 bits per heavy atom. The van der Waals surface area contributed by atoms with Gasteiger partial charge in [0.1, 0.15) is 5.52 Å². The number of hydrogen-bond acceptors (Lipinski definition) is 0. The average Bonchev–Trinajstić information content (AvgIpc) is 2.87. The van der Waals surface area contributed by atoms with Crippen LogP contribution in [0.3, 0.4) is 0 Å². The normalized spacial score (nSPS) is 15.7.